The van der Waals surface area contributed by atoms with Gasteiger partial charge in [0.05, 0.1) is 27.8 Å². The molecule has 7 nitrogen and oxygen atoms in total. The van der Waals surface area contributed by atoms with Crippen LogP contribution in [0.1, 0.15) is 5.01 Å². The van der Waals surface area contributed by atoms with Crippen molar-refractivity contribution >= 4 is 61.7 Å². The van der Waals surface area contributed by atoms with Gasteiger partial charge in [0, 0.05) is 22.7 Å². The number of ether oxygens (including phenoxy) is 1. The van der Waals surface area contributed by atoms with Crippen molar-refractivity contribution in [3.05, 3.63) is 63.0 Å². The second-order valence-corrected chi connectivity index (χ2v) is 10.5. The van der Waals surface area contributed by atoms with Gasteiger partial charge in [0.2, 0.25) is 0 Å². The number of alkyl halides is 3. The van der Waals surface area contributed by atoms with E-state index in [9.17, 15) is 21.6 Å². The first kappa shape index (κ1) is 26.1. The number of anilines is 2. The SMILES string of the molecule is O=C(O)C(F)(F)F.O=S(=O)(Cc1nccs1)c1ccc2c(c1)OCCN2c1cc(Cl)ccc1Cl. The number of carboxylic acid groups (broad SMARTS) is 1. The summed E-state index contributed by atoms with van der Waals surface area (Å²) in [5.41, 5.74) is 1.51. The lowest BCUT2D eigenvalue weighted by Gasteiger charge is -2.32. The Morgan fingerprint density at radius 3 is 2.50 bits per heavy atom. The third-order valence-electron chi connectivity index (χ3n) is 4.39. The number of hydrogen-bond donors (Lipinski definition) is 1. The molecule has 0 fully saturated rings. The van der Waals surface area contributed by atoms with Crippen LogP contribution in [0.3, 0.4) is 0 Å². The Bertz CT molecular complexity index is 1290. The molecule has 4 rings (SSSR count). The Labute approximate surface area is 206 Å². The Morgan fingerprint density at radius 2 is 1.88 bits per heavy atom. The largest absolute Gasteiger partial charge is 0.490 e. The molecule has 0 atom stereocenters. The van der Waals surface area contributed by atoms with E-state index in [4.69, 9.17) is 37.8 Å². The number of carboxylic acids is 1. The molecule has 1 aliphatic rings. The average molecular weight is 555 g/mol. The molecule has 0 saturated carbocycles. The molecule has 0 spiro atoms. The topological polar surface area (TPSA) is 96.8 Å². The molecule has 0 aliphatic carbocycles. The third-order valence-corrected chi connectivity index (χ3v) is 7.53. The van der Waals surface area contributed by atoms with Crippen LogP contribution < -0.4 is 9.64 Å². The van der Waals surface area contributed by atoms with Gasteiger partial charge in [-0.1, -0.05) is 23.2 Å². The van der Waals surface area contributed by atoms with Crippen molar-refractivity contribution in [3.8, 4) is 5.75 Å². The minimum Gasteiger partial charge on any atom is -0.489 e. The summed E-state index contributed by atoms with van der Waals surface area (Å²) in [4.78, 5) is 15.1. The summed E-state index contributed by atoms with van der Waals surface area (Å²) in [7, 11) is -3.51. The van der Waals surface area contributed by atoms with E-state index in [-0.39, 0.29) is 10.6 Å². The van der Waals surface area contributed by atoms with Crippen molar-refractivity contribution in [1.82, 2.24) is 4.98 Å². The number of fused-ring (bicyclic) bond motifs is 1. The molecule has 1 aromatic heterocycles. The summed E-state index contributed by atoms with van der Waals surface area (Å²) < 4.78 is 62.8. The van der Waals surface area contributed by atoms with Gasteiger partial charge in [-0.05, 0) is 30.3 Å². The normalized spacial score (nSPS) is 13.4. The first-order chi connectivity index (χ1) is 15.9. The summed E-state index contributed by atoms with van der Waals surface area (Å²) in [5, 5.41) is 10.6. The fraction of sp³-hybridized carbons (Fsp3) is 0.200. The number of benzene rings is 2. The average Bonchev–Trinajstić information content (AvgIpc) is 3.27. The van der Waals surface area contributed by atoms with E-state index in [1.54, 1.807) is 48.0 Å². The van der Waals surface area contributed by atoms with Crippen molar-refractivity contribution in [2.75, 3.05) is 18.1 Å². The number of rotatable bonds is 4. The van der Waals surface area contributed by atoms with Gasteiger partial charge < -0.3 is 14.7 Å². The number of halogens is 5. The standard InChI is InChI=1S/C18H14Cl2N2O3S2.C2HF3O2/c19-12-1-3-14(20)16(9-12)22-6-7-25-17-10-13(2-4-15(17)22)27(23,24)11-18-21-5-8-26-18;3-2(4,5)1(6)7/h1-5,8-10H,6-7,11H2;(H,6,7). The molecule has 2 aromatic carbocycles. The lowest BCUT2D eigenvalue weighted by atomic mass is 10.2. The highest BCUT2D eigenvalue weighted by Gasteiger charge is 2.38. The summed E-state index contributed by atoms with van der Waals surface area (Å²) in [6.45, 7) is 0.990. The number of hydrogen-bond acceptors (Lipinski definition) is 7. The van der Waals surface area contributed by atoms with Crippen molar-refractivity contribution < 1.29 is 36.2 Å². The van der Waals surface area contributed by atoms with Gasteiger partial charge in [0.15, 0.2) is 9.84 Å². The van der Waals surface area contributed by atoms with E-state index >= 15 is 0 Å². The van der Waals surface area contributed by atoms with Crippen LogP contribution in [-0.2, 0) is 20.4 Å². The Hall–Kier alpha value is -2.54. The van der Waals surface area contributed by atoms with Crippen LogP contribution in [0.5, 0.6) is 5.75 Å². The Morgan fingerprint density at radius 1 is 1.18 bits per heavy atom. The van der Waals surface area contributed by atoms with E-state index in [1.165, 1.54) is 11.3 Å². The zero-order chi connectivity index (χ0) is 25.1. The van der Waals surface area contributed by atoms with E-state index < -0.39 is 22.0 Å². The van der Waals surface area contributed by atoms with Crippen molar-refractivity contribution in [2.45, 2.75) is 16.8 Å². The molecule has 0 unspecified atom stereocenters. The summed E-state index contributed by atoms with van der Waals surface area (Å²) in [6.07, 6.45) is -3.49. The van der Waals surface area contributed by atoms with Crippen molar-refractivity contribution in [1.29, 1.82) is 0 Å². The van der Waals surface area contributed by atoms with E-state index in [1.807, 2.05) is 4.90 Å². The first-order valence-electron chi connectivity index (χ1n) is 9.29. The first-order valence-corrected chi connectivity index (χ1v) is 12.6. The minimum absolute atomic E-state index is 0.132. The minimum atomic E-state index is -5.08. The molecule has 0 amide bonds. The maximum Gasteiger partial charge on any atom is 0.490 e. The molecule has 14 heteroatoms. The number of sulfone groups is 1. The predicted molar refractivity (Wildman–Crippen MR) is 122 cm³/mol. The summed E-state index contributed by atoms with van der Waals surface area (Å²) in [6, 6.07) is 10.1. The molecule has 1 N–H and O–H groups in total. The zero-order valence-corrected chi connectivity index (χ0v) is 20.1. The highest BCUT2D eigenvalue weighted by atomic mass is 35.5. The predicted octanol–water partition coefficient (Wildman–Crippen LogP) is 5.59. The van der Waals surface area contributed by atoms with Gasteiger partial charge in [0.1, 0.15) is 23.1 Å². The van der Waals surface area contributed by atoms with Gasteiger partial charge >= 0.3 is 12.1 Å². The van der Waals surface area contributed by atoms with Gasteiger partial charge in [0.25, 0.3) is 0 Å². The fourth-order valence-corrected chi connectivity index (χ4v) is 5.56. The van der Waals surface area contributed by atoms with Crippen LogP contribution in [0.25, 0.3) is 0 Å². The highest BCUT2D eigenvalue weighted by Crippen LogP contribution is 2.41. The zero-order valence-electron chi connectivity index (χ0n) is 16.9. The van der Waals surface area contributed by atoms with Gasteiger partial charge in [-0.25, -0.2) is 18.2 Å². The maximum atomic E-state index is 12.7. The molecule has 0 radical (unpaired) electrons. The maximum absolute atomic E-state index is 12.7. The monoisotopic (exact) mass is 554 g/mol. The van der Waals surface area contributed by atoms with Crippen LogP contribution in [0.4, 0.5) is 24.5 Å². The number of carbonyl (C=O) groups is 1. The molecule has 1 aliphatic heterocycles. The number of aromatic nitrogens is 1. The molecular formula is C20H15Cl2F3N2O5S2. The van der Waals surface area contributed by atoms with E-state index in [0.717, 1.165) is 11.4 Å². The molecule has 0 saturated heterocycles. The highest BCUT2D eigenvalue weighted by molar-refractivity contribution is 7.90. The lowest BCUT2D eigenvalue weighted by molar-refractivity contribution is -0.192. The molecule has 2 heterocycles. The second-order valence-electron chi connectivity index (χ2n) is 6.71. The van der Waals surface area contributed by atoms with Crippen molar-refractivity contribution in [3.63, 3.8) is 0 Å². The smallest absolute Gasteiger partial charge is 0.489 e. The summed E-state index contributed by atoms with van der Waals surface area (Å²) >= 11 is 13.8. The van der Waals surface area contributed by atoms with Crippen LogP contribution >= 0.6 is 34.5 Å². The quantitative estimate of drug-likeness (QED) is 0.449. The van der Waals surface area contributed by atoms with Crippen LogP contribution in [0.15, 0.2) is 52.9 Å². The van der Waals surface area contributed by atoms with E-state index in [0.29, 0.717) is 34.0 Å². The lowest BCUT2D eigenvalue weighted by Crippen LogP contribution is -2.29. The van der Waals surface area contributed by atoms with E-state index in [2.05, 4.69) is 4.98 Å². The van der Waals surface area contributed by atoms with Crippen LogP contribution in [0, 0.1) is 0 Å². The Balaban J connectivity index is 0.000000406. The number of thiazole rings is 1. The van der Waals surface area contributed by atoms with Gasteiger partial charge in [-0.3, -0.25) is 0 Å². The van der Waals surface area contributed by atoms with Crippen LogP contribution in [-0.4, -0.2) is 43.8 Å². The third kappa shape index (κ3) is 6.32. The summed E-state index contributed by atoms with van der Waals surface area (Å²) in [5.74, 6) is -2.39. The molecule has 3 aromatic rings. The number of aliphatic carboxylic acids is 1. The second kappa shape index (κ2) is 10.4. The van der Waals surface area contributed by atoms with Gasteiger partial charge in [-0.15, -0.1) is 11.3 Å². The van der Waals surface area contributed by atoms with Crippen molar-refractivity contribution in [2.24, 2.45) is 0 Å². The van der Waals surface area contributed by atoms with Gasteiger partial charge in [-0.2, -0.15) is 13.2 Å². The molecule has 34 heavy (non-hydrogen) atoms. The molecular weight excluding hydrogens is 540 g/mol. The fourth-order valence-electron chi connectivity index (χ4n) is 2.91. The Kier molecular flexibility index (Phi) is 7.96. The molecule has 0 bridgehead atoms. The number of nitrogens with zero attached hydrogens (tertiary/aromatic N) is 2. The molecule has 182 valence electrons. The van der Waals surface area contributed by atoms with Crippen LogP contribution in [0.2, 0.25) is 10.0 Å².